The Morgan fingerprint density at radius 2 is 2.00 bits per heavy atom. The van der Waals surface area contributed by atoms with E-state index in [1.54, 1.807) is 0 Å². The van der Waals surface area contributed by atoms with Crippen LogP contribution in [0.1, 0.15) is 53.8 Å². The van der Waals surface area contributed by atoms with Crippen LogP contribution in [0.5, 0.6) is 0 Å². The summed E-state index contributed by atoms with van der Waals surface area (Å²) in [6.07, 6.45) is 10.1. The maximum absolute atomic E-state index is 13.1. The summed E-state index contributed by atoms with van der Waals surface area (Å²) < 4.78 is 7.38. The molecule has 26 heavy (non-hydrogen) atoms. The third kappa shape index (κ3) is 3.58. The number of hydrogen-bond donors (Lipinski definition) is 1. The van der Waals surface area contributed by atoms with Gasteiger partial charge in [-0.2, -0.15) is 5.10 Å². The summed E-state index contributed by atoms with van der Waals surface area (Å²) in [7, 11) is 0. The Kier molecular flexibility index (Phi) is 5.41. The second-order valence-electron chi connectivity index (χ2n) is 7.74. The molecule has 0 radical (unpaired) electrons. The van der Waals surface area contributed by atoms with E-state index >= 15 is 0 Å². The normalized spacial score (nSPS) is 23.8. The lowest BCUT2D eigenvalue weighted by Gasteiger charge is -2.29. The highest BCUT2D eigenvalue weighted by molar-refractivity contribution is 5.94. The number of hydrogen-bond acceptors (Lipinski definition) is 4. The number of ether oxygens (including phenoxy) is 1. The Balaban J connectivity index is 1.56. The number of aromatic nitrogens is 2. The second kappa shape index (κ2) is 7.92. The lowest BCUT2D eigenvalue weighted by molar-refractivity contribution is 0.0297. The van der Waals surface area contributed by atoms with Crippen molar-refractivity contribution in [1.29, 1.82) is 0 Å². The molecule has 4 rings (SSSR count). The van der Waals surface area contributed by atoms with Gasteiger partial charge < -0.3 is 15.0 Å². The summed E-state index contributed by atoms with van der Waals surface area (Å²) in [5.74, 6) is 0.0638. The van der Waals surface area contributed by atoms with E-state index in [0.717, 1.165) is 24.8 Å². The Bertz CT molecular complexity index is 657. The predicted octanol–water partition coefficient (Wildman–Crippen LogP) is 1.93. The molecule has 1 N–H and O–H groups in total. The third-order valence-corrected chi connectivity index (χ3v) is 5.98. The fourth-order valence-electron chi connectivity index (χ4n) is 4.62. The monoisotopic (exact) mass is 358 g/mol. The van der Waals surface area contributed by atoms with Gasteiger partial charge in [-0.15, -0.1) is 6.58 Å². The van der Waals surface area contributed by atoms with Crippen LogP contribution in [-0.4, -0.2) is 59.0 Å². The maximum Gasteiger partial charge on any atom is 0.274 e. The van der Waals surface area contributed by atoms with Crippen molar-refractivity contribution in [3.05, 3.63) is 29.6 Å². The van der Waals surface area contributed by atoms with E-state index in [1.165, 1.54) is 31.4 Å². The van der Waals surface area contributed by atoms with Crippen molar-refractivity contribution in [2.75, 3.05) is 26.3 Å². The first-order chi connectivity index (χ1) is 12.8. The predicted molar refractivity (Wildman–Crippen MR) is 100 cm³/mol. The van der Waals surface area contributed by atoms with Crippen LogP contribution < -0.4 is 5.32 Å². The number of carbonyl (C=O) groups is 1. The van der Waals surface area contributed by atoms with Crippen molar-refractivity contribution in [3.63, 3.8) is 0 Å². The quantitative estimate of drug-likeness (QED) is 0.817. The minimum atomic E-state index is 0.0638. The van der Waals surface area contributed by atoms with Crippen LogP contribution in [0, 0.1) is 0 Å². The summed E-state index contributed by atoms with van der Waals surface area (Å²) in [4.78, 5) is 15.0. The van der Waals surface area contributed by atoms with Gasteiger partial charge in [-0.05, 0) is 32.1 Å². The number of carbonyl (C=O) groups excluding carboxylic acids is 1. The molecule has 6 heteroatoms. The number of amides is 1. The first kappa shape index (κ1) is 17.7. The van der Waals surface area contributed by atoms with Crippen molar-refractivity contribution in [2.45, 2.75) is 63.6 Å². The van der Waals surface area contributed by atoms with Crippen molar-refractivity contribution in [1.82, 2.24) is 20.0 Å². The molecule has 1 saturated carbocycles. The van der Waals surface area contributed by atoms with Gasteiger partial charge in [-0.3, -0.25) is 9.48 Å². The topological polar surface area (TPSA) is 59.4 Å². The number of rotatable bonds is 5. The zero-order valence-corrected chi connectivity index (χ0v) is 15.6. The van der Waals surface area contributed by atoms with E-state index in [2.05, 4.69) is 11.9 Å². The van der Waals surface area contributed by atoms with Gasteiger partial charge in [0.25, 0.3) is 5.91 Å². The van der Waals surface area contributed by atoms with Crippen LogP contribution in [0.4, 0.5) is 0 Å². The van der Waals surface area contributed by atoms with Gasteiger partial charge in [0.2, 0.25) is 0 Å². The zero-order chi connectivity index (χ0) is 17.9. The summed E-state index contributed by atoms with van der Waals surface area (Å²) in [5.41, 5.74) is 3.04. The smallest absolute Gasteiger partial charge is 0.274 e. The Morgan fingerprint density at radius 3 is 2.73 bits per heavy atom. The average molecular weight is 358 g/mol. The maximum atomic E-state index is 13.1. The van der Waals surface area contributed by atoms with E-state index in [-0.39, 0.29) is 5.91 Å². The molecular formula is C20H30N4O2. The molecule has 1 amide bonds. The molecule has 0 bridgehead atoms. The molecular weight excluding hydrogens is 328 g/mol. The van der Waals surface area contributed by atoms with Gasteiger partial charge in [-0.1, -0.05) is 18.9 Å². The first-order valence-corrected chi connectivity index (χ1v) is 10.1. The van der Waals surface area contributed by atoms with E-state index in [0.29, 0.717) is 50.6 Å². The van der Waals surface area contributed by atoms with E-state index < -0.39 is 0 Å². The summed E-state index contributed by atoms with van der Waals surface area (Å²) in [6, 6.07) is 1.12. The van der Waals surface area contributed by atoms with Crippen LogP contribution in [0.15, 0.2) is 12.7 Å². The Labute approximate surface area is 155 Å². The molecule has 1 aromatic rings. The summed E-state index contributed by atoms with van der Waals surface area (Å²) in [5, 5.41) is 8.55. The van der Waals surface area contributed by atoms with Gasteiger partial charge in [0.15, 0.2) is 5.69 Å². The zero-order valence-electron chi connectivity index (χ0n) is 15.6. The first-order valence-electron chi connectivity index (χ1n) is 10.1. The molecule has 1 aromatic heterocycles. The van der Waals surface area contributed by atoms with E-state index in [4.69, 9.17) is 9.84 Å². The van der Waals surface area contributed by atoms with Gasteiger partial charge in [-0.25, -0.2) is 0 Å². The van der Waals surface area contributed by atoms with Crippen LogP contribution in [0.2, 0.25) is 0 Å². The molecule has 2 fully saturated rings. The fourth-order valence-corrected chi connectivity index (χ4v) is 4.62. The third-order valence-electron chi connectivity index (χ3n) is 5.98. The fraction of sp³-hybridized carbons (Fsp3) is 0.700. The van der Waals surface area contributed by atoms with Crippen molar-refractivity contribution >= 4 is 5.91 Å². The molecule has 142 valence electrons. The van der Waals surface area contributed by atoms with E-state index in [9.17, 15) is 4.79 Å². The average Bonchev–Trinajstić information content (AvgIpc) is 3.30. The van der Waals surface area contributed by atoms with Crippen LogP contribution in [0.25, 0.3) is 0 Å². The van der Waals surface area contributed by atoms with Gasteiger partial charge in [0.05, 0.1) is 19.8 Å². The standard InChI is InChI=1S/C20H30N4O2/c1-2-9-24-18-8-7-16(21-15-5-3-4-6-15)14-17(18)19(22-24)20(25)23-10-12-26-13-11-23/h2,15-16,21H,1,3-14H2/t16-/m1/s1. The van der Waals surface area contributed by atoms with E-state index in [1.807, 2.05) is 15.7 Å². The number of nitrogens with one attached hydrogen (secondary N) is 1. The Morgan fingerprint density at radius 1 is 1.23 bits per heavy atom. The van der Waals surface area contributed by atoms with Gasteiger partial charge in [0.1, 0.15) is 0 Å². The van der Waals surface area contributed by atoms with Crippen molar-refractivity contribution < 1.29 is 9.53 Å². The molecule has 0 aromatic carbocycles. The van der Waals surface area contributed by atoms with Crippen LogP contribution in [0.3, 0.4) is 0 Å². The molecule has 6 nitrogen and oxygen atoms in total. The lowest BCUT2D eigenvalue weighted by atomic mass is 9.90. The number of fused-ring (bicyclic) bond motifs is 1. The second-order valence-corrected chi connectivity index (χ2v) is 7.74. The molecule has 3 aliphatic rings. The summed E-state index contributed by atoms with van der Waals surface area (Å²) >= 11 is 0. The molecule has 2 heterocycles. The largest absolute Gasteiger partial charge is 0.378 e. The van der Waals surface area contributed by atoms with Gasteiger partial charge >= 0.3 is 0 Å². The molecule has 1 aliphatic heterocycles. The van der Waals surface area contributed by atoms with Crippen molar-refractivity contribution in [2.24, 2.45) is 0 Å². The molecule has 0 unspecified atom stereocenters. The molecule has 1 saturated heterocycles. The van der Waals surface area contributed by atoms with Crippen LogP contribution >= 0.6 is 0 Å². The summed E-state index contributed by atoms with van der Waals surface area (Å²) in [6.45, 7) is 7.07. The minimum Gasteiger partial charge on any atom is -0.378 e. The van der Waals surface area contributed by atoms with Crippen LogP contribution in [-0.2, 0) is 24.1 Å². The number of nitrogens with zero attached hydrogens (tertiary/aromatic N) is 3. The lowest BCUT2D eigenvalue weighted by Crippen LogP contribution is -2.42. The molecule has 2 aliphatic carbocycles. The van der Waals surface area contributed by atoms with Gasteiger partial charge in [0, 0.05) is 36.4 Å². The SMILES string of the molecule is C=CCn1nc(C(=O)N2CCOCC2)c2c1CC[C@@H](NC1CCCC1)C2. The minimum absolute atomic E-state index is 0.0638. The highest BCUT2D eigenvalue weighted by Gasteiger charge is 2.32. The highest BCUT2D eigenvalue weighted by Crippen LogP contribution is 2.28. The number of allylic oxidation sites excluding steroid dienone is 1. The van der Waals surface area contributed by atoms with Crippen molar-refractivity contribution in [3.8, 4) is 0 Å². The Hall–Kier alpha value is -1.66. The number of morpholine rings is 1. The molecule has 0 spiro atoms. The molecule has 1 atom stereocenters. The highest BCUT2D eigenvalue weighted by atomic mass is 16.5.